The number of para-hydroxylation sites is 2. The van der Waals surface area contributed by atoms with Gasteiger partial charge in [-0.05, 0) is 35.4 Å². The van der Waals surface area contributed by atoms with Gasteiger partial charge in [0, 0.05) is 40.1 Å². The standard InChI is InChI=1S/C28H24ClN3O3/c1-35-24-12-5-3-10-20(24)27-26-21(19-9-2-4-11-22(19)30-26)14-23-28(34)31(16-25(33)32(23)27)15-17-7-6-8-18(29)13-17/h2-13,23,27,30H,14-16H2,1H3. The van der Waals surface area contributed by atoms with Gasteiger partial charge in [0.05, 0.1) is 7.11 Å². The van der Waals surface area contributed by atoms with Gasteiger partial charge in [0.15, 0.2) is 0 Å². The van der Waals surface area contributed by atoms with Crippen molar-refractivity contribution in [2.24, 2.45) is 0 Å². The van der Waals surface area contributed by atoms with Gasteiger partial charge in [-0.2, -0.15) is 0 Å². The largest absolute Gasteiger partial charge is 0.496 e. The van der Waals surface area contributed by atoms with Crippen LogP contribution in [-0.2, 0) is 22.6 Å². The van der Waals surface area contributed by atoms with E-state index in [1.54, 1.807) is 23.0 Å². The predicted molar refractivity (Wildman–Crippen MR) is 134 cm³/mol. The fourth-order valence-electron chi connectivity index (χ4n) is 5.53. The Kier molecular flexibility index (Phi) is 5.26. The number of halogens is 1. The molecule has 35 heavy (non-hydrogen) atoms. The highest BCUT2D eigenvalue weighted by atomic mass is 35.5. The summed E-state index contributed by atoms with van der Waals surface area (Å²) in [6, 6.07) is 22.2. The number of hydrogen-bond donors (Lipinski definition) is 1. The summed E-state index contributed by atoms with van der Waals surface area (Å²) in [6.45, 7) is 0.360. The molecule has 176 valence electrons. The van der Waals surface area contributed by atoms with Crippen molar-refractivity contribution >= 4 is 34.3 Å². The highest BCUT2D eigenvalue weighted by Crippen LogP contribution is 2.44. The van der Waals surface area contributed by atoms with E-state index in [1.807, 2.05) is 60.7 Å². The molecule has 7 heteroatoms. The number of rotatable bonds is 4. The lowest BCUT2D eigenvalue weighted by molar-refractivity contribution is -0.159. The molecule has 0 saturated carbocycles. The van der Waals surface area contributed by atoms with E-state index in [0.29, 0.717) is 23.7 Å². The number of amides is 2. The van der Waals surface area contributed by atoms with Gasteiger partial charge in [0.1, 0.15) is 24.4 Å². The number of carbonyl (C=O) groups is 2. The molecule has 6 nitrogen and oxygen atoms in total. The smallest absolute Gasteiger partial charge is 0.246 e. The summed E-state index contributed by atoms with van der Waals surface area (Å²) in [5.74, 6) is 0.543. The summed E-state index contributed by atoms with van der Waals surface area (Å²) < 4.78 is 5.68. The molecular formula is C28H24ClN3O3. The van der Waals surface area contributed by atoms with Crippen molar-refractivity contribution in [3.63, 3.8) is 0 Å². The van der Waals surface area contributed by atoms with Crippen LogP contribution < -0.4 is 4.74 Å². The second-order valence-electron chi connectivity index (χ2n) is 9.05. The number of ether oxygens (including phenoxy) is 1. The third kappa shape index (κ3) is 3.56. The lowest BCUT2D eigenvalue weighted by Gasteiger charge is -2.47. The second-order valence-corrected chi connectivity index (χ2v) is 9.49. The molecule has 1 saturated heterocycles. The molecule has 0 radical (unpaired) electrons. The third-order valence-corrected chi connectivity index (χ3v) is 7.27. The Morgan fingerprint density at radius 2 is 1.83 bits per heavy atom. The van der Waals surface area contributed by atoms with Crippen LogP contribution in [0.4, 0.5) is 0 Å². The van der Waals surface area contributed by atoms with Gasteiger partial charge >= 0.3 is 0 Å². The van der Waals surface area contributed by atoms with Gasteiger partial charge in [0.25, 0.3) is 0 Å². The quantitative estimate of drug-likeness (QED) is 0.455. The maximum absolute atomic E-state index is 13.9. The number of nitrogens with one attached hydrogen (secondary N) is 1. The maximum atomic E-state index is 13.9. The maximum Gasteiger partial charge on any atom is 0.246 e. The van der Waals surface area contributed by atoms with Crippen molar-refractivity contribution < 1.29 is 14.3 Å². The van der Waals surface area contributed by atoms with E-state index in [1.165, 1.54) is 0 Å². The average Bonchev–Trinajstić information content (AvgIpc) is 3.24. The summed E-state index contributed by atoms with van der Waals surface area (Å²) in [5, 5.41) is 1.69. The lowest BCUT2D eigenvalue weighted by atomic mass is 9.86. The van der Waals surface area contributed by atoms with Crippen LogP contribution in [0.25, 0.3) is 10.9 Å². The van der Waals surface area contributed by atoms with Gasteiger partial charge in [-0.3, -0.25) is 9.59 Å². The Labute approximate surface area is 208 Å². The number of methoxy groups -OCH3 is 1. The lowest BCUT2D eigenvalue weighted by Crippen LogP contribution is -2.62. The number of piperazine rings is 1. The molecule has 1 fully saturated rings. The highest BCUT2D eigenvalue weighted by molar-refractivity contribution is 6.30. The van der Waals surface area contributed by atoms with Crippen molar-refractivity contribution in [1.82, 2.24) is 14.8 Å². The van der Waals surface area contributed by atoms with E-state index in [4.69, 9.17) is 16.3 Å². The topological polar surface area (TPSA) is 65.6 Å². The van der Waals surface area contributed by atoms with Crippen molar-refractivity contribution in [2.75, 3.05) is 13.7 Å². The highest BCUT2D eigenvalue weighted by Gasteiger charge is 2.48. The van der Waals surface area contributed by atoms with Crippen LogP contribution in [0.1, 0.15) is 28.4 Å². The molecular weight excluding hydrogens is 462 g/mol. The molecule has 4 aromatic rings. The van der Waals surface area contributed by atoms with Crippen LogP contribution >= 0.6 is 11.6 Å². The van der Waals surface area contributed by atoms with E-state index in [0.717, 1.165) is 33.3 Å². The summed E-state index contributed by atoms with van der Waals surface area (Å²) in [4.78, 5) is 34.5. The van der Waals surface area contributed by atoms with Gasteiger partial charge < -0.3 is 19.5 Å². The minimum absolute atomic E-state index is 0.0169. The molecule has 0 bridgehead atoms. The molecule has 3 aromatic carbocycles. The molecule has 3 heterocycles. The number of aromatic amines is 1. The van der Waals surface area contributed by atoms with E-state index >= 15 is 0 Å². The van der Waals surface area contributed by atoms with Crippen LogP contribution in [0.2, 0.25) is 5.02 Å². The number of carbonyl (C=O) groups excluding carboxylic acids is 2. The molecule has 2 unspecified atom stereocenters. The molecule has 2 aliphatic heterocycles. The number of H-pyrrole nitrogens is 1. The molecule has 1 N–H and O–H groups in total. The first-order chi connectivity index (χ1) is 17.0. The Morgan fingerprint density at radius 3 is 2.66 bits per heavy atom. The fourth-order valence-corrected chi connectivity index (χ4v) is 5.74. The molecule has 0 aliphatic carbocycles. The zero-order valence-electron chi connectivity index (χ0n) is 19.2. The number of nitrogens with zero attached hydrogens (tertiary/aromatic N) is 2. The van der Waals surface area contributed by atoms with Crippen molar-refractivity contribution in [1.29, 1.82) is 0 Å². The summed E-state index contributed by atoms with van der Waals surface area (Å²) in [6.07, 6.45) is 0.460. The Bertz CT molecular complexity index is 1460. The van der Waals surface area contributed by atoms with E-state index in [2.05, 4.69) is 11.1 Å². The van der Waals surface area contributed by atoms with Crippen molar-refractivity contribution in [3.8, 4) is 5.75 Å². The minimum Gasteiger partial charge on any atom is -0.496 e. The minimum atomic E-state index is -0.600. The van der Waals surface area contributed by atoms with Crippen molar-refractivity contribution in [2.45, 2.75) is 25.0 Å². The Morgan fingerprint density at radius 1 is 1.03 bits per heavy atom. The number of hydrogen-bond acceptors (Lipinski definition) is 3. The van der Waals surface area contributed by atoms with Gasteiger partial charge in [-0.25, -0.2) is 0 Å². The van der Waals surface area contributed by atoms with Crippen LogP contribution in [0, 0.1) is 0 Å². The van der Waals surface area contributed by atoms with Gasteiger partial charge in [0.2, 0.25) is 11.8 Å². The second kappa shape index (κ2) is 8.47. The first kappa shape index (κ1) is 21.7. The summed E-state index contributed by atoms with van der Waals surface area (Å²) in [5.41, 5.74) is 4.77. The first-order valence-electron chi connectivity index (χ1n) is 11.6. The molecule has 2 amide bonds. The van der Waals surface area contributed by atoms with Crippen LogP contribution in [-0.4, -0.2) is 46.3 Å². The van der Waals surface area contributed by atoms with Gasteiger partial charge in [-0.15, -0.1) is 0 Å². The molecule has 2 aliphatic rings. The normalized spacial score (nSPS) is 19.6. The summed E-state index contributed by atoms with van der Waals surface area (Å²) in [7, 11) is 1.63. The zero-order valence-corrected chi connectivity index (χ0v) is 20.0. The van der Waals surface area contributed by atoms with Crippen LogP contribution in [0.3, 0.4) is 0 Å². The van der Waals surface area contributed by atoms with E-state index in [-0.39, 0.29) is 18.4 Å². The SMILES string of the molecule is COc1ccccc1C1c2[nH]c3ccccc3c2CC2C(=O)N(Cc3cccc(Cl)c3)CC(=O)N21. The van der Waals surface area contributed by atoms with E-state index in [9.17, 15) is 9.59 Å². The third-order valence-electron chi connectivity index (χ3n) is 7.04. The van der Waals surface area contributed by atoms with Crippen molar-refractivity contribution in [3.05, 3.63) is 100 Å². The van der Waals surface area contributed by atoms with Gasteiger partial charge in [-0.1, -0.05) is 60.1 Å². The Hall–Kier alpha value is -3.77. The van der Waals surface area contributed by atoms with E-state index < -0.39 is 12.1 Å². The Balaban J connectivity index is 1.47. The fraction of sp³-hybridized carbons (Fsp3) is 0.214. The average molecular weight is 486 g/mol. The zero-order chi connectivity index (χ0) is 24.1. The number of aromatic nitrogens is 1. The monoisotopic (exact) mass is 485 g/mol. The number of benzene rings is 3. The molecule has 0 spiro atoms. The number of fused-ring (bicyclic) bond motifs is 4. The molecule has 1 aromatic heterocycles. The van der Waals surface area contributed by atoms with Crippen LogP contribution in [0.5, 0.6) is 5.75 Å². The predicted octanol–water partition coefficient (Wildman–Crippen LogP) is 4.72. The molecule has 6 rings (SSSR count). The first-order valence-corrected chi connectivity index (χ1v) is 12.0. The molecule has 2 atom stereocenters. The summed E-state index contributed by atoms with van der Waals surface area (Å²) >= 11 is 6.16. The van der Waals surface area contributed by atoms with Crippen LogP contribution in [0.15, 0.2) is 72.8 Å².